The molecule has 0 radical (unpaired) electrons. The molecule has 1 amide bonds. The molecule has 120 valence electrons. The molecule has 3 rings (SSSR count). The van der Waals surface area contributed by atoms with E-state index in [1.54, 1.807) is 17.3 Å². The highest BCUT2D eigenvalue weighted by atomic mass is 19.4. The molecule has 1 fully saturated rings. The zero-order valence-electron chi connectivity index (χ0n) is 12.3. The van der Waals surface area contributed by atoms with Crippen LogP contribution in [0.5, 0.6) is 0 Å². The number of nitrogens with zero attached hydrogens (tertiary/aromatic N) is 2. The number of rotatable bonds is 2. The van der Waals surface area contributed by atoms with Crippen molar-refractivity contribution in [1.82, 2.24) is 9.88 Å². The Hall–Kier alpha value is -2.37. The molecular weight excluding hydrogens is 305 g/mol. The predicted octanol–water partition coefficient (Wildman–Crippen LogP) is 4.08. The van der Waals surface area contributed by atoms with Crippen molar-refractivity contribution in [3.8, 4) is 0 Å². The maximum atomic E-state index is 12.6. The van der Waals surface area contributed by atoms with Crippen LogP contribution >= 0.6 is 0 Å². The van der Waals surface area contributed by atoms with Crippen molar-refractivity contribution in [2.45, 2.75) is 25.1 Å². The third-order valence-corrected chi connectivity index (χ3v) is 4.06. The average molecular weight is 320 g/mol. The SMILES string of the molecule is O=C(c1ccc(C(F)(F)F)cc1)N1CCC[C@@H]1c1ccncc1. The van der Waals surface area contributed by atoms with E-state index in [4.69, 9.17) is 0 Å². The normalized spacial score (nSPS) is 18.2. The number of halogens is 3. The number of hydrogen-bond donors (Lipinski definition) is 0. The van der Waals surface area contributed by atoms with E-state index in [0.29, 0.717) is 6.54 Å². The van der Waals surface area contributed by atoms with Crippen molar-refractivity contribution in [3.05, 3.63) is 65.5 Å². The molecule has 0 aliphatic carbocycles. The van der Waals surface area contributed by atoms with Crippen molar-refractivity contribution in [2.24, 2.45) is 0 Å². The second kappa shape index (κ2) is 6.02. The molecule has 1 aromatic heterocycles. The fraction of sp³-hybridized carbons (Fsp3) is 0.294. The van der Waals surface area contributed by atoms with Crippen molar-refractivity contribution in [2.75, 3.05) is 6.54 Å². The lowest BCUT2D eigenvalue weighted by atomic mass is 10.0. The zero-order valence-corrected chi connectivity index (χ0v) is 12.3. The first-order valence-electron chi connectivity index (χ1n) is 7.35. The molecular formula is C17H15F3N2O. The molecule has 1 aliphatic rings. The summed E-state index contributed by atoms with van der Waals surface area (Å²) in [6.07, 6.45) is 0.674. The van der Waals surface area contributed by atoms with E-state index >= 15 is 0 Å². The van der Waals surface area contributed by atoms with Gasteiger partial charge in [-0.2, -0.15) is 13.2 Å². The van der Waals surface area contributed by atoms with E-state index < -0.39 is 11.7 Å². The van der Waals surface area contributed by atoms with Gasteiger partial charge in [0, 0.05) is 24.5 Å². The first-order valence-corrected chi connectivity index (χ1v) is 7.35. The standard InChI is InChI=1S/C17H15F3N2O/c18-17(19,20)14-5-3-13(4-6-14)16(23)22-11-1-2-15(22)12-7-9-21-10-8-12/h3-10,15H,1-2,11H2/t15-/m1/s1. The predicted molar refractivity (Wildman–Crippen MR) is 78.7 cm³/mol. The fourth-order valence-corrected chi connectivity index (χ4v) is 2.91. The molecule has 0 N–H and O–H groups in total. The number of aromatic nitrogens is 1. The van der Waals surface area contributed by atoms with Gasteiger partial charge in [-0.25, -0.2) is 0 Å². The Morgan fingerprint density at radius 3 is 2.35 bits per heavy atom. The summed E-state index contributed by atoms with van der Waals surface area (Å²) in [4.78, 5) is 18.3. The van der Waals surface area contributed by atoms with Crippen LogP contribution in [0.1, 0.15) is 40.4 Å². The Balaban J connectivity index is 1.82. The van der Waals surface area contributed by atoms with Gasteiger partial charge in [0.05, 0.1) is 11.6 Å². The highest BCUT2D eigenvalue weighted by Crippen LogP contribution is 2.33. The molecule has 3 nitrogen and oxygen atoms in total. The van der Waals surface area contributed by atoms with Crippen molar-refractivity contribution in [3.63, 3.8) is 0 Å². The number of benzene rings is 1. The minimum atomic E-state index is -4.39. The van der Waals surface area contributed by atoms with E-state index in [1.165, 1.54) is 12.1 Å². The van der Waals surface area contributed by atoms with Gasteiger partial charge in [-0.3, -0.25) is 9.78 Å². The third-order valence-electron chi connectivity index (χ3n) is 4.06. The van der Waals surface area contributed by atoms with Gasteiger partial charge < -0.3 is 4.90 Å². The summed E-state index contributed by atoms with van der Waals surface area (Å²) in [6, 6.07) is 8.06. The highest BCUT2D eigenvalue weighted by molar-refractivity contribution is 5.94. The molecule has 23 heavy (non-hydrogen) atoms. The van der Waals surface area contributed by atoms with Gasteiger partial charge in [0.1, 0.15) is 0 Å². The molecule has 0 spiro atoms. The van der Waals surface area contributed by atoms with E-state index in [2.05, 4.69) is 4.98 Å². The van der Waals surface area contributed by atoms with E-state index in [0.717, 1.165) is 30.5 Å². The lowest BCUT2D eigenvalue weighted by molar-refractivity contribution is -0.137. The Kier molecular flexibility index (Phi) is 4.07. The van der Waals surface area contributed by atoms with Crippen LogP contribution in [0.4, 0.5) is 13.2 Å². The summed E-state index contributed by atoms with van der Waals surface area (Å²) < 4.78 is 37.8. The first kappa shape index (κ1) is 15.5. The van der Waals surface area contributed by atoms with E-state index in [-0.39, 0.29) is 17.5 Å². The Morgan fingerprint density at radius 2 is 1.74 bits per heavy atom. The minimum absolute atomic E-state index is 0.0483. The second-order valence-corrected chi connectivity index (χ2v) is 5.51. The molecule has 2 aromatic rings. The Bertz CT molecular complexity index is 683. The number of alkyl halides is 3. The topological polar surface area (TPSA) is 33.2 Å². The van der Waals surface area contributed by atoms with Crippen LogP contribution < -0.4 is 0 Å². The molecule has 6 heteroatoms. The van der Waals surface area contributed by atoms with Gasteiger partial charge in [0.25, 0.3) is 5.91 Å². The largest absolute Gasteiger partial charge is 0.416 e. The Labute approximate surface area is 131 Å². The minimum Gasteiger partial charge on any atom is -0.332 e. The fourth-order valence-electron chi connectivity index (χ4n) is 2.91. The average Bonchev–Trinajstić information content (AvgIpc) is 3.04. The maximum Gasteiger partial charge on any atom is 0.416 e. The summed E-state index contributed by atoms with van der Waals surface area (Å²) in [5.41, 5.74) is 0.526. The van der Waals surface area contributed by atoms with Gasteiger partial charge in [0.15, 0.2) is 0 Å². The summed E-state index contributed by atoms with van der Waals surface area (Å²) in [5.74, 6) is -0.238. The maximum absolute atomic E-state index is 12.6. The lowest BCUT2D eigenvalue weighted by Gasteiger charge is -2.25. The van der Waals surface area contributed by atoms with Crippen LogP contribution in [0.3, 0.4) is 0 Å². The number of pyridine rings is 1. The van der Waals surface area contributed by atoms with Crippen molar-refractivity contribution < 1.29 is 18.0 Å². The molecule has 0 saturated carbocycles. The van der Waals surface area contributed by atoms with Crippen LogP contribution in [-0.2, 0) is 6.18 Å². The summed E-state index contributed by atoms with van der Waals surface area (Å²) in [5, 5.41) is 0. The van der Waals surface area contributed by atoms with Crippen LogP contribution in [-0.4, -0.2) is 22.3 Å². The van der Waals surface area contributed by atoms with E-state index in [9.17, 15) is 18.0 Å². The van der Waals surface area contributed by atoms with Crippen molar-refractivity contribution >= 4 is 5.91 Å². The monoisotopic (exact) mass is 320 g/mol. The summed E-state index contributed by atoms with van der Waals surface area (Å²) >= 11 is 0. The summed E-state index contributed by atoms with van der Waals surface area (Å²) in [6.45, 7) is 0.604. The molecule has 0 bridgehead atoms. The molecule has 0 unspecified atom stereocenters. The molecule has 2 heterocycles. The first-order chi connectivity index (χ1) is 11.0. The molecule has 1 aliphatic heterocycles. The van der Waals surface area contributed by atoms with Crippen molar-refractivity contribution in [1.29, 1.82) is 0 Å². The van der Waals surface area contributed by atoms with Gasteiger partial charge in [0.2, 0.25) is 0 Å². The molecule has 1 atom stereocenters. The molecule has 1 saturated heterocycles. The van der Waals surface area contributed by atoms with Crippen LogP contribution in [0.15, 0.2) is 48.8 Å². The quantitative estimate of drug-likeness (QED) is 0.835. The van der Waals surface area contributed by atoms with Gasteiger partial charge in [-0.05, 0) is 54.8 Å². The van der Waals surface area contributed by atoms with Gasteiger partial charge in [-0.1, -0.05) is 0 Å². The number of amides is 1. The lowest BCUT2D eigenvalue weighted by Crippen LogP contribution is -2.30. The zero-order chi connectivity index (χ0) is 16.4. The van der Waals surface area contributed by atoms with E-state index in [1.807, 2.05) is 12.1 Å². The van der Waals surface area contributed by atoms with Crippen LogP contribution in [0.25, 0.3) is 0 Å². The second-order valence-electron chi connectivity index (χ2n) is 5.51. The molecule has 1 aromatic carbocycles. The van der Waals surface area contributed by atoms with Gasteiger partial charge in [-0.15, -0.1) is 0 Å². The third kappa shape index (κ3) is 3.21. The number of likely N-dealkylation sites (tertiary alicyclic amines) is 1. The Morgan fingerprint density at radius 1 is 1.09 bits per heavy atom. The van der Waals surface area contributed by atoms with Gasteiger partial charge >= 0.3 is 6.18 Å². The number of hydrogen-bond acceptors (Lipinski definition) is 2. The highest BCUT2D eigenvalue weighted by Gasteiger charge is 2.32. The summed E-state index contributed by atoms with van der Waals surface area (Å²) in [7, 11) is 0. The van der Waals surface area contributed by atoms with Crippen LogP contribution in [0, 0.1) is 0 Å². The van der Waals surface area contributed by atoms with Crippen LogP contribution in [0.2, 0.25) is 0 Å². The smallest absolute Gasteiger partial charge is 0.332 e. The number of carbonyl (C=O) groups is 1. The number of carbonyl (C=O) groups excluding carboxylic acids is 1.